The number of pyridine rings is 1. The highest BCUT2D eigenvalue weighted by Gasteiger charge is 2.35. The molecule has 1 N–H and O–H groups in total. The van der Waals surface area contributed by atoms with Gasteiger partial charge in [0.25, 0.3) is 0 Å². The first-order valence-electron chi connectivity index (χ1n) is 10.1. The van der Waals surface area contributed by atoms with Gasteiger partial charge in [-0.15, -0.1) is 0 Å². The van der Waals surface area contributed by atoms with E-state index in [1.54, 1.807) is 12.1 Å². The summed E-state index contributed by atoms with van der Waals surface area (Å²) in [4.78, 5) is 8.53. The van der Waals surface area contributed by atoms with Crippen molar-refractivity contribution in [3.05, 3.63) is 36.5 Å². The molecule has 2 aromatic rings. The zero-order chi connectivity index (χ0) is 21.2. The van der Waals surface area contributed by atoms with Crippen molar-refractivity contribution < 1.29 is 13.2 Å². The van der Waals surface area contributed by atoms with Crippen LogP contribution < -0.4 is 10.2 Å². The zero-order valence-corrected chi connectivity index (χ0v) is 17.3. The van der Waals surface area contributed by atoms with Gasteiger partial charge in [-0.1, -0.05) is 25.6 Å². The molecule has 0 atom stereocenters. The summed E-state index contributed by atoms with van der Waals surface area (Å²) in [5.41, 5.74) is -0.160. The minimum Gasteiger partial charge on any atom is -0.382 e. The molecular weight excluding hydrogens is 377 g/mol. The molecule has 0 spiro atoms. The lowest BCUT2D eigenvalue weighted by atomic mass is 10.0. The lowest BCUT2D eigenvalue weighted by Gasteiger charge is -2.30. The molecule has 0 unspecified atom stereocenters. The standard InChI is InChI=1S/C22H29F3N4/c1-5-11-29(4)20-14-18-17(21(27-20)15(2)22(23,24)25)7-6-8-19(18)26-16-9-12-28(3)13-10-16/h6-8,14,16,26H,2,5,9-13H2,1,3-4H3. The summed E-state index contributed by atoms with van der Waals surface area (Å²) in [5, 5.41) is 4.78. The molecule has 3 rings (SSSR count). The number of hydrogen-bond donors (Lipinski definition) is 1. The van der Waals surface area contributed by atoms with Crippen LogP contribution in [0, 0.1) is 0 Å². The summed E-state index contributed by atoms with van der Waals surface area (Å²) >= 11 is 0. The second kappa shape index (κ2) is 8.61. The number of anilines is 2. The molecule has 29 heavy (non-hydrogen) atoms. The van der Waals surface area contributed by atoms with Crippen molar-refractivity contribution in [2.24, 2.45) is 0 Å². The van der Waals surface area contributed by atoms with Crippen molar-refractivity contribution in [2.75, 3.05) is 43.9 Å². The molecule has 1 aromatic carbocycles. The molecular formula is C22H29F3N4. The summed E-state index contributed by atoms with van der Waals surface area (Å²) in [7, 11) is 3.95. The Morgan fingerprint density at radius 1 is 1.28 bits per heavy atom. The van der Waals surface area contributed by atoms with Gasteiger partial charge in [0.15, 0.2) is 0 Å². The van der Waals surface area contributed by atoms with Gasteiger partial charge in [-0.3, -0.25) is 0 Å². The lowest BCUT2D eigenvalue weighted by molar-refractivity contribution is -0.0688. The average Bonchev–Trinajstić information content (AvgIpc) is 2.68. The molecule has 0 saturated carbocycles. The summed E-state index contributed by atoms with van der Waals surface area (Å²) in [6.45, 7) is 8.06. The van der Waals surface area contributed by atoms with Crippen LogP contribution in [0.25, 0.3) is 16.3 Å². The maximum absolute atomic E-state index is 13.5. The molecule has 0 radical (unpaired) electrons. The Hall–Kier alpha value is -2.28. The number of allylic oxidation sites excluding steroid dienone is 1. The predicted octanol–water partition coefficient (Wildman–Crippen LogP) is 5.16. The van der Waals surface area contributed by atoms with Crippen LogP contribution in [-0.4, -0.2) is 55.8 Å². The monoisotopic (exact) mass is 406 g/mol. The number of nitrogens with zero attached hydrogens (tertiary/aromatic N) is 3. The summed E-state index contributed by atoms with van der Waals surface area (Å²) in [6.07, 6.45) is -1.65. The smallest absolute Gasteiger partial charge is 0.382 e. The van der Waals surface area contributed by atoms with Gasteiger partial charge >= 0.3 is 6.18 Å². The second-order valence-corrected chi connectivity index (χ2v) is 7.85. The maximum Gasteiger partial charge on any atom is 0.417 e. The minimum atomic E-state index is -4.53. The highest BCUT2D eigenvalue weighted by atomic mass is 19.4. The maximum atomic E-state index is 13.5. The fraction of sp³-hybridized carbons (Fsp3) is 0.500. The van der Waals surface area contributed by atoms with Crippen molar-refractivity contribution in [3.63, 3.8) is 0 Å². The van der Waals surface area contributed by atoms with Crippen LogP contribution in [0.5, 0.6) is 0 Å². The Morgan fingerprint density at radius 2 is 1.97 bits per heavy atom. The van der Waals surface area contributed by atoms with Crippen LogP contribution in [0.2, 0.25) is 0 Å². The Balaban J connectivity index is 2.08. The summed E-state index contributed by atoms with van der Waals surface area (Å²) < 4.78 is 40.4. The van der Waals surface area contributed by atoms with E-state index in [1.807, 2.05) is 31.0 Å². The zero-order valence-electron chi connectivity index (χ0n) is 17.3. The number of hydrogen-bond acceptors (Lipinski definition) is 4. The van der Waals surface area contributed by atoms with Crippen LogP contribution in [-0.2, 0) is 0 Å². The average molecular weight is 406 g/mol. The van der Waals surface area contributed by atoms with Crippen molar-refractivity contribution in [2.45, 2.75) is 38.4 Å². The molecule has 1 aliphatic rings. The van der Waals surface area contributed by atoms with E-state index in [1.165, 1.54) is 0 Å². The minimum absolute atomic E-state index is 0.0972. The molecule has 4 nitrogen and oxygen atoms in total. The highest BCUT2D eigenvalue weighted by molar-refractivity contribution is 6.01. The van der Waals surface area contributed by atoms with Crippen molar-refractivity contribution >= 4 is 27.9 Å². The first-order valence-corrected chi connectivity index (χ1v) is 10.1. The van der Waals surface area contributed by atoms with Crippen LogP contribution in [0.4, 0.5) is 24.7 Å². The Bertz CT molecular complexity index is 870. The van der Waals surface area contributed by atoms with Gasteiger partial charge in [0.2, 0.25) is 0 Å². The van der Waals surface area contributed by atoms with E-state index in [-0.39, 0.29) is 5.69 Å². The number of piperidine rings is 1. The topological polar surface area (TPSA) is 31.4 Å². The molecule has 0 amide bonds. The van der Waals surface area contributed by atoms with Crippen LogP contribution in [0.3, 0.4) is 0 Å². The fourth-order valence-electron chi connectivity index (χ4n) is 3.77. The molecule has 158 valence electrons. The van der Waals surface area contributed by atoms with E-state index in [9.17, 15) is 13.2 Å². The summed E-state index contributed by atoms with van der Waals surface area (Å²) in [5.74, 6) is 0.525. The second-order valence-electron chi connectivity index (χ2n) is 7.85. The van der Waals surface area contributed by atoms with Gasteiger partial charge in [-0.2, -0.15) is 13.2 Å². The van der Waals surface area contributed by atoms with E-state index in [4.69, 9.17) is 0 Å². The molecule has 1 aromatic heterocycles. The largest absolute Gasteiger partial charge is 0.417 e. The van der Waals surface area contributed by atoms with Crippen molar-refractivity contribution in [1.29, 1.82) is 0 Å². The third-order valence-corrected chi connectivity index (χ3v) is 5.52. The van der Waals surface area contributed by atoms with Crippen LogP contribution >= 0.6 is 0 Å². The van der Waals surface area contributed by atoms with E-state index in [2.05, 4.69) is 28.8 Å². The van der Waals surface area contributed by atoms with E-state index in [0.29, 0.717) is 23.8 Å². The number of fused-ring (bicyclic) bond motifs is 1. The molecule has 0 bridgehead atoms. The van der Waals surface area contributed by atoms with Gasteiger partial charge < -0.3 is 15.1 Å². The number of likely N-dealkylation sites (tertiary alicyclic amines) is 1. The fourth-order valence-corrected chi connectivity index (χ4v) is 3.77. The molecule has 1 aliphatic heterocycles. The number of rotatable bonds is 6. The SMILES string of the molecule is C=C(c1nc(N(C)CCC)cc2c(NC3CCN(C)CC3)cccc12)C(F)(F)F. The molecule has 7 heteroatoms. The van der Waals surface area contributed by atoms with Crippen LogP contribution in [0.1, 0.15) is 31.9 Å². The Kier molecular flexibility index (Phi) is 6.36. The van der Waals surface area contributed by atoms with E-state index in [0.717, 1.165) is 43.4 Å². The van der Waals surface area contributed by atoms with Crippen molar-refractivity contribution in [3.8, 4) is 0 Å². The predicted molar refractivity (Wildman–Crippen MR) is 115 cm³/mol. The third kappa shape index (κ3) is 4.83. The molecule has 2 heterocycles. The molecule has 1 saturated heterocycles. The number of aromatic nitrogens is 1. The number of alkyl halides is 3. The van der Waals surface area contributed by atoms with Gasteiger partial charge in [0, 0.05) is 36.1 Å². The molecule has 1 fully saturated rings. The normalized spacial score (nSPS) is 16.2. The highest BCUT2D eigenvalue weighted by Crippen LogP contribution is 2.38. The van der Waals surface area contributed by atoms with Gasteiger partial charge in [0.05, 0.1) is 11.3 Å². The van der Waals surface area contributed by atoms with E-state index < -0.39 is 11.7 Å². The Morgan fingerprint density at radius 3 is 2.59 bits per heavy atom. The number of nitrogens with one attached hydrogen (secondary N) is 1. The lowest BCUT2D eigenvalue weighted by Crippen LogP contribution is -2.36. The van der Waals surface area contributed by atoms with Gasteiger partial charge in [-0.25, -0.2) is 4.98 Å². The quantitative estimate of drug-likeness (QED) is 0.718. The first-order chi connectivity index (χ1) is 13.7. The third-order valence-electron chi connectivity index (χ3n) is 5.52. The van der Waals surface area contributed by atoms with Gasteiger partial charge in [-0.05, 0) is 51.5 Å². The first kappa shape index (κ1) is 21.4. The van der Waals surface area contributed by atoms with E-state index >= 15 is 0 Å². The van der Waals surface area contributed by atoms with Crippen molar-refractivity contribution in [1.82, 2.24) is 9.88 Å². The number of halogens is 3. The molecule has 0 aliphatic carbocycles. The number of benzene rings is 1. The van der Waals surface area contributed by atoms with Crippen LogP contribution in [0.15, 0.2) is 30.8 Å². The summed E-state index contributed by atoms with van der Waals surface area (Å²) in [6, 6.07) is 7.60. The Labute approximate surface area is 170 Å². The van der Waals surface area contributed by atoms with Gasteiger partial charge in [0.1, 0.15) is 5.82 Å².